The Hall–Kier alpha value is -5.84. The number of phenols is 1. The zero-order valence-corrected chi connectivity index (χ0v) is 40.0. The third-order valence-corrected chi connectivity index (χ3v) is 13.9. The molecule has 0 spiro atoms. The zero-order valence-electron chi connectivity index (χ0n) is 40.0. The number of nitrogens with zero attached hydrogens (tertiary/aromatic N) is 4. The molecule has 8 rings (SSSR count). The van der Waals surface area contributed by atoms with Crippen LogP contribution in [0.1, 0.15) is 90.2 Å². The lowest BCUT2D eigenvalue weighted by Crippen LogP contribution is -2.62. The van der Waals surface area contributed by atoms with E-state index in [9.17, 15) is 29.1 Å². The summed E-state index contributed by atoms with van der Waals surface area (Å²) in [6, 6.07) is 12.3. The molecule has 1 saturated carbocycles. The fourth-order valence-electron chi connectivity index (χ4n) is 10.2. The average molecular weight is 919 g/mol. The van der Waals surface area contributed by atoms with Crippen molar-refractivity contribution in [2.75, 3.05) is 33.9 Å². The Morgan fingerprint density at radius 3 is 2.52 bits per heavy atom. The number of pyridine rings is 1. The largest absolute Gasteiger partial charge is 0.508 e. The molecule has 5 atom stereocenters. The number of aromatic nitrogens is 2. The van der Waals surface area contributed by atoms with Crippen molar-refractivity contribution in [1.29, 1.82) is 0 Å². The molecule has 3 aliphatic heterocycles. The van der Waals surface area contributed by atoms with Gasteiger partial charge in [-0.3, -0.25) is 34.0 Å². The second kappa shape index (κ2) is 19.4. The van der Waals surface area contributed by atoms with E-state index in [1.807, 2.05) is 39.0 Å². The number of aryl methyl sites for hydroxylation is 1. The van der Waals surface area contributed by atoms with Gasteiger partial charge in [-0.1, -0.05) is 39.8 Å². The molecule has 2 aromatic carbocycles. The average Bonchev–Trinajstić information content (AvgIpc) is 4.11. The molecule has 0 radical (unpaired) electrons. The lowest BCUT2D eigenvalue weighted by molar-refractivity contribution is -0.155. The van der Waals surface area contributed by atoms with Crippen LogP contribution < -0.4 is 21.4 Å². The number of aromatic hydroxyl groups is 1. The van der Waals surface area contributed by atoms with E-state index in [4.69, 9.17) is 14.5 Å². The number of amides is 4. The molecule has 1 aliphatic carbocycles. The van der Waals surface area contributed by atoms with E-state index in [0.717, 1.165) is 44.5 Å². The number of cyclic esters (lactones) is 1. The zero-order chi connectivity index (χ0) is 47.9. The summed E-state index contributed by atoms with van der Waals surface area (Å²) in [6.07, 6.45) is 3.96. The van der Waals surface area contributed by atoms with Gasteiger partial charge in [0.2, 0.25) is 17.7 Å². The van der Waals surface area contributed by atoms with E-state index in [1.54, 1.807) is 32.5 Å². The summed E-state index contributed by atoms with van der Waals surface area (Å²) in [5.41, 5.74) is 9.58. The quantitative estimate of drug-likeness (QED) is 0.102. The molecule has 358 valence electrons. The van der Waals surface area contributed by atoms with Crippen molar-refractivity contribution in [2.45, 2.75) is 123 Å². The fraction of sp³-hybridized carbons (Fsp3) is 0.529. The van der Waals surface area contributed by atoms with Crippen LogP contribution in [-0.4, -0.2) is 118 Å². The number of nitrogens with one attached hydrogen (secondary N) is 4. The Bertz CT molecular complexity index is 2540. The van der Waals surface area contributed by atoms with Crippen molar-refractivity contribution in [2.24, 2.45) is 17.3 Å². The number of hydrazine groups is 1. The van der Waals surface area contributed by atoms with Crippen LogP contribution in [0.5, 0.6) is 5.75 Å². The molecule has 67 heavy (non-hydrogen) atoms. The number of hydrogen-bond acceptors (Lipinski definition) is 11. The van der Waals surface area contributed by atoms with E-state index < -0.39 is 41.3 Å². The third kappa shape index (κ3) is 10.1. The van der Waals surface area contributed by atoms with E-state index in [2.05, 4.69) is 64.9 Å². The van der Waals surface area contributed by atoms with E-state index in [0.29, 0.717) is 50.8 Å². The number of methoxy groups -OCH3 is 1. The molecule has 16 nitrogen and oxygen atoms in total. The summed E-state index contributed by atoms with van der Waals surface area (Å²) < 4.78 is 14.2. The van der Waals surface area contributed by atoms with Crippen molar-refractivity contribution in [3.05, 3.63) is 71.5 Å². The van der Waals surface area contributed by atoms with Gasteiger partial charge in [-0.05, 0) is 111 Å². The van der Waals surface area contributed by atoms with Gasteiger partial charge in [0, 0.05) is 80.3 Å². The first-order valence-corrected chi connectivity index (χ1v) is 23.8. The SMILES string of the molecule is CCn1c(-c2cccnc2[C@H](C)OC)c2c3cc(ccc31)-c1cc(O)cc(c1)C[C@H](NC(=O)C(C(C)C)N(C)C(=O)[C@H]1C[C@H](NC(=O)[C@@H]3CN3)C1)C(=O)N1CCC[C@H](N1)C(=O)OCC(C)(C)C2. The van der Waals surface area contributed by atoms with Crippen LogP contribution in [0, 0.1) is 17.3 Å². The maximum absolute atomic E-state index is 14.7. The first-order valence-electron chi connectivity index (χ1n) is 23.8. The Balaban J connectivity index is 1.16. The molecule has 2 aromatic heterocycles. The lowest BCUT2D eigenvalue weighted by Gasteiger charge is -2.40. The predicted molar refractivity (Wildman–Crippen MR) is 253 cm³/mol. The van der Waals surface area contributed by atoms with Crippen LogP contribution in [0.15, 0.2) is 54.7 Å². The Morgan fingerprint density at radius 1 is 1.06 bits per heavy atom. The minimum Gasteiger partial charge on any atom is -0.508 e. The molecule has 5 heterocycles. The molecule has 16 heteroatoms. The van der Waals surface area contributed by atoms with Crippen molar-refractivity contribution < 1.29 is 38.6 Å². The monoisotopic (exact) mass is 919 g/mol. The standard InChI is InChI=1S/C51H66N8O8/c1-9-58-42-15-14-31-24-37(42)38(45(58)36-12-10-16-52-43(36)29(4)66-8)25-51(5,6)27-67-50(65)39-13-11-17-59(56-39)49(64)40(20-30-18-32(31)23-35(60)19-30)55-47(62)44(28(2)3)57(7)48(63)33-21-34(22-33)54-46(61)41-26-53-41/h10,12,14-16,18-19,23-24,28-29,33-34,39-41,44,53,56,60H,9,11,13,17,20-22,25-27H2,1-8H3,(H,54,61)(H,55,62)/t29-,33-,34-,39-,40-,41-,44?/m0/s1. The molecule has 2 saturated heterocycles. The Labute approximate surface area is 392 Å². The summed E-state index contributed by atoms with van der Waals surface area (Å²) in [7, 11) is 3.28. The molecule has 1 unspecified atom stereocenters. The van der Waals surface area contributed by atoms with Gasteiger partial charge in [0.05, 0.1) is 30.1 Å². The highest BCUT2D eigenvalue weighted by atomic mass is 16.5. The number of carbonyl (C=O) groups is 5. The van der Waals surface area contributed by atoms with Gasteiger partial charge in [-0.25, -0.2) is 5.43 Å². The lowest BCUT2D eigenvalue weighted by atomic mass is 9.78. The first-order chi connectivity index (χ1) is 32.0. The van der Waals surface area contributed by atoms with Crippen LogP contribution in [0.3, 0.4) is 0 Å². The number of fused-ring (bicyclic) bond motifs is 6. The molecule has 5 N–H and O–H groups in total. The number of rotatable bonds is 11. The van der Waals surface area contributed by atoms with Gasteiger partial charge in [-0.15, -0.1) is 0 Å². The molecule has 4 amide bonds. The van der Waals surface area contributed by atoms with E-state index >= 15 is 0 Å². The fourth-order valence-corrected chi connectivity index (χ4v) is 10.2. The van der Waals surface area contributed by atoms with Crippen molar-refractivity contribution in [3.63, 3.8) is 0 Å². The minimum absolute atomic E-state index is 0.00110. The van der Waals surface area contributed by atoms with E-state index in [-0.39, 0.29) is 67.2 Å². The van der Waals surface area contributed by atoms with Gasteiger partial charge in [-0.2, -0.15) is 0 Å². The van der Waals surface area contributed by atoms with Gasteiger partial charge >= 0.3 is 5.97 Å². The van der Waals surface area contributed by atoms with Crippen molar-refractivity contribution in [3.8, 4) is 28.1 Å². The second-order valence-electron chi connectivity index (χ2n) is 20.0. The molecule has 3 fully saturated rings. The summed E-state index contributed by atoms with van der Waals surface area (Å²) in [5.74, 6) is -2.39. The highest BCUT2D eigenvalue weighted by Gasteiger charge is 2.43. The second-order valence-corrected chi connectivity index (χ2v) is 20.0. The molecule has 4 aliphatic rings. The van der Waals surface area contributed by atoms with Gasteiger partial charge in [0.25, 0.3) is 5.91 Å². The number of esters is 1. The van der Waals surface area contributed by atoms with E-state index in [1.165, 1.54) is 9.91 Å². The van der Waals surface area contributed by atoms with Crippen LogP contribution in [0.25, 0.3) is 33.3 Å². The molecule has 4 aromatic rings. The van der Waals surface area contributed by atoms with Gasteiger partial charge in [0.15, 0.2) is 0 Å². The van der Waals surface area contributed by atoms with Gasteiger partial charge < -0.3 is 40.0 Å². The smallest absolute Gasteiger partial charge is 0.324 e. The number of benzene rings is 2. The highest BCUT2D eigenvalue weighted by Crippen LogP contribution is 2.42. The number of hydrogen-bond donors (Lipinski definition) is 5. The van der Waals surface area contributed by atoms with Crippen LogP contribution in [-0.2, 0) is 52.8 Å². The molecular weight excluding hydrogens is 853 g/mol. The summed E-state index contributed by atoms with van der Waals surface area (Å²) in [5, 5.41) is 22.7. The molecule has 6 bridgehead atoms. The maximum atomic E-state index is 14.7. The van der Waals surface area contributed by atoms with Crippen molar-refractivity contribution >= 4 is 40.5 Å². The van der Waals surface area contributed by atoms with Crippen LogP contribution >= 0.6 is 0 Å². The summed E-state index contributed by atoms with van der Waals surface area (Å²) >= 11 is 0. The maximum Gasteiger partial charge on any atom is 0.324 e. The number of ether oxygens (including phenoxy) is 2. The normalized spacial score (nSPS) is 23.7. The summed E-state index contributed by atoms with van der Waals surface area (Å²) in [4.78, 5) is 75.5. The highest BCUT2D eigenvalue weighted by molar-refractivity contribution is 5.96. The van der Waals surface area contributed by atoms with Crippen molar-refractivity contribution in [1.82, 2.24) is 40.8 Å². The Morgan fingerprint density at radius 2 is 1.82 bits per heavy atom. The Kier molecular flexibility index (Phi) is 13.8. The number of carbonyl (C=O) groups excluding carboxylic acids is 5. The summed E-state index contributed by atoms with van der Waals surface area (Å²) in [6.45, 7) is 13.7. The topological polar surface area (TPSA) is 206 Å². The number of likely N-dealkylation sites (N-methyl/N-ethyl adjacent to an activating group) is 1. The van der Waals surface area contributed by atoms with Crippen LogP contribution in [0.2, 0.25) is 0 Å². The number of phenolic OH excluding ortho intramolecular Hbond substituents is 1. The molecular formula is C51H66N8O8. The van der Waals surface area contributed by atoms with Crippen LogP contribution in [0.4, 0.5) is 0 Å². The first kappa shape index (κ1) is 47.6. The van der Waals surface area contributed by atoms with Gasteiger partial charge in [0.1, 0.15) is 23.9 Å². The predicted octanol–water partition coefficient (Wildman–Crippen LogP) is 4.80. The third-order valence-electron chi connectivity index (χ3n) is 13.9. The minimum atomic E-state index is -1.15.